The van der Waals surface area contributed by atoms with Crippen LogP contribution in [0.2, 0.25) is 0 Å². The van der Waals surface area contributed by atoms with Gasteiger partial charge in [0, 0.05) is 12.1 Å². The monoisotopic (exact) mass is 283 g/mol. The van der Waals surface area contributed by atoms with Gasteiger partial charge >= 0.3 is 5.97 Å². The number of hydrogen-bond acceptors (Lipinski definition) is 3. The third kappa shape index (κ3) is 5.17. The van der Waals surface area contributed by atoms with Crippen molar-refractivity contribution in [3.63, 3.8) is 0 Å². The van der Waals surface area contributed by atoms with Crippen molar-refractivity contribution in [1.29, 1.82) is 0 Å². The number of nitrogens with one attached hydrogen (secondary N) is 1. The van der Waals surface area contributed by atoms with E-state index in [0.29, 0.717) is 30.7 Å². The molecule has 0 radical (unpaired) electrons. The Labute approximate surface area is 119 Å². The average molecular weight is 283 g/mol. The molecule has 1 aromatic carbocycles. The van der Waals surface area contributed by atoms with Gasteiger partial charge in [0.1, 0.15) is 11.6 Å². The number of carboxylic acid groups (broad SMARTS) is 1. The number of aliphatic carboxylic acids is 1. The second-order valence-electron chi connectivity index (χ2n) is 4.66. The fourth-order valence-corrected chi connectivity index (χ4v) is 1.85. The summed E-state index contributed by atoms with van der Waals surface area (Å²) in [5.74, 6) is -0.924. The molecule has 1 atom stereocenters. The predicted octanol–water partition coefficient (Wildman–Crippen LogP) is 2.96. The average Bonchev–Trinajstić information content (AvgIpc) is 2.41. The number of rotatable bonds is 9. The standard InChI is InChI=1S/C15H22FNO3/c1-3-5-14(15(18)19)20-13-7-6-12(16)9-11(13)10-17-8-4-2/h6-7,9,14,17H,3-5,8,10H2,1-2H3,(H,18,19). The summed E-state index contributed by atoms with van der Waals surface area (Å²) >= 11 is 0. The summed E-state index contributed by atoms with van der Waals surface area (Å²) in [5, 5.41) is 12.3. The van der Waals surface area contributed by atoms with E-state index in [-0.39, 0.29) is 5.82 Å². The molecule has 0 heterocycles. The molecular weight excluding hydrogens is 261 g/mol. The second-order valence-corrected chi connectivity index (χ2v) is 4.66. The summed E-state index contributed by atoms with van der Waals surface area (Å²) in [4.78, 5) is 11.1. The van der Waals surface area contributed by atoms with Crippen LogP contribution in [0.5, 0.6) is 5.75 Å². The van der Waals surface area contributed by atoms with Crippen LogP contribution < -0.4 is 10.1 Å². The third-order valence-electron chi connectivity index (χ3n) is 2.86. The molecule has 0 aromatic heterocycles. The summed E-state index contributed by atoms with van der Waals surface area (Å²) in [6.45, 7) is 5.21. The molecule has 2 N–H and O–H groups in total. The fraction of sp³-hybridized carbons (Fsp3) is 0.533. The molecule has 1 rings (SSSR count). The molecular formula is C15H22FNO3. The van der Waals surface area contributed by atoms with Gasteiger partial charge < -0.3 is 15.2 Å². The first-order chi connectivity index (χ1) is 9.58. The molecule has 4 nitrogen and oxygen atoms in total. The fourth-order valence-electron chi connectivity index (χ4n) is 1.85. The first kappa shape index (κ1) is 16.4. The van der Waals surface area contributed by atoms with Crippen molar-refractivity contribution in [2.24, 2.45) is 0 Å². The number of carbonyl (C=O) groups is 1. The number of halogens is 1. The van der Waals surface area contributed by atoms with E-state index < -0.39 is 12.1 Å². The second kappa shape index (κ2) is 8.53. The van der Waals surface area contributed by atoms with Gasteiger partial charge in [-0.25, -0.2) is 9.18 Å². The summed E-state index contributed by atoms with van der Waals surface area (Å²) in [6.07, 6.45) is 1.21. The summed E-state index contributed by atoms with van der Waals surface area (Å²) < 4.78 is 18.8. The van der Waals surface area contributed by atoms with E-state index in [1.165, 1.54) is 18.2 Å². The van der Waals surface area contributed by atoms with Crippen molar-refractivity contribution in [3.8, 4) is 5.75 Å². The highest BCUT2D eigenvalue weighted by atomic mass is 19.1. The smallest absolute Gasteiger partial charge is 0.344 e. The maximum atomic E-state index is 13.3. The molecule has 0 aliphatic rings. The zero-order valence-electron chi connectivity index (χ0n) is 12.0. The highest BCUT2D eigenvalue weighted by molar-refractivity contribution is 5.72. The zero-order chi connectivity index (χ0) is 15.0. The first-order valence-electron chi connectivity index (χ1n) is 6.97. The van der Waals surface area contributed by atoms with Gasteiger partial charge in [0.25, 0.3) is 0 Å². The maximum Gasteiger partial charge on any atom is 0.344 e. The molecule has 0 fully saturated rings. The lowest BCUT2D eigenvalue weighted by Crippen LogP contribution is -2.27. The molecule has 0 aliphatic heterocycles. The van der Waals surface area contributed by atoms with Crippen LogP contribution in [-0.4, -0.2) is 23.7 Å². The van der Waals surface area contributed by atoms with Crippen LogP contribution in [0.1, 0.15) is 38.7 Å². The molecule has 20 heavy (non-hydrogen) atoms. The molecule has 112 valence electrons. The van der Waals surface area contributed by atoms with Gasteiger partial charge in [0.05, 0.1) is 0 Å². The van der Waals surface area contributed by atoms with E-state index in [1.807, 2.05) is 13.8 Å². The number of carboxylic acids is 1. The molecule has 0 spiro atoms. The van der Waals surface area contributed by atoms with E-state index in [4.69, 9.17) is 9.84 Å². The Bertz CT molecular complexity index is 437. The van der Waals surface area contributed by atoms with Gasteiger partial charge in [-0.1, -0.05) is 20.3 Å². The Morgan fingerprint density at radius 1 is 1.40 bits per heavy atom. The minimum atomic E-state index is -0.997. The molecule has 0 saturated carbocycles. The van der Waals surface area contributed by atoms with Crippen LogP contribution in [0.15, 0.2) is 18.2 Å². The predicted molar refractivity (Wildman–Crippen MR) is 75.4 cm³/mol. The quantitative estimate of drug-likeness (QED) is 0.684. The van der Waals surface area contributed by atoms with Gasteiger partial charge in [0.2, 0.25) is 0 Å². The third-order valence-corrected chi connectivity index (χ3v) is 2.86. The van der Waals surface area contributed by atoms with Crippen LogP contribution in [0, 0.1) is 5.82 Å². The van der Waals surface area contributed by atoms with E-state index in [0.717, 1.165) is 13.0 Å². The summed E-state index contributed by atoms with van der Waals surface area (Å²) in [6, 6.07) is 4.15. The minimum absolute atomic E-state index is 0.354. The number of benzene rings is 1. The lowest BCUT2D eigenvalue weighted by Gasteiger charge is -2.17. The molecule has 0 bridgehead atoms. The summed E-state index contributed by atoms with van der Waals surface area (Å²) in [7, 11) is 0. The summed E-state index contributed by atoms with van der Waals surface area (Å²) in [5.41, 5.74) is 0.640. The van der Waals surface area contributed by atoms with Crippen molar-refractivity contribution < 1.29 is 19.0 Å². The van der Waals surface area contributed by atoms with E-state index in [1.54, 1.807) is 0 Å². The lowest BCUT2D eigenvalue weighted by atomic mass is 10.1. The molecule has 0 saturated heterocycles. The SMILES string of the molecule is CCCNCc1cc(F)ccc1OC(CCC)C(=O)O. The van der Waals surface area contributed by atoms with Crippen molar-refractivity contribution in [3.05, 3.63) is 29.6 Å². The van der Waals surface area contributed by atoms with E-state index in [9.17, 15) is 9.18 Å². The normalized spacial score (nSPS) is 12.2. The Morgan fingerprint density at radius 2 is 2.15 bits per heavy atom. The van der Waals surface area contributed by atoms with Crippen LogP contribution >= 0.6 is 0 Å². The number of ether oxygens (including phenoxy) is 1. The Morgan fingerprint density at radius 3 is 2.75 bits per heavy atom. The molecule has 1 aromatic rings. The van der Waals surface area contributed by atoms with Crippen LogP contribution in [-0.2, 0) is 11.3 Å². The topological polar surface area (TPSA) is 58.6 Å². The van der Waals surface area contributed by atoms with Gasteiger partial charge in [-0.2, -0.15) is 0 Å². The minimum Gasteiger partial charge on any atom is -0.479 e. The van der Waals surface area contributed by atoms with Crippen LogP contribution in [0.3, 0.4) is 0 Å². The van der Waals surface area contributed by atoms with Crippen molar-refractivity contribution in [2.45, 2.75) is 45.8 Å². The largest absolute Gasteiger partial charge is 0.479 e. The van der Waals surface area contributed by atoms with Gasteiger partial charge in [0.15, 0.2) is 6.10 Å². The van der Waals surface area contributed by atoms with E-state index in [2.05, 4.69) is 5.32 Å². The van der Waals surface area contributed by atoms with E-state index >= 15 is 0 Å². The Kier molecular flexibility index (Phi) is 7.01. The maximum absolute atomic E-state index is 13.3. The van der Waals surface area contributed by atoms with Gasteiger partial charge in [-0.3, -0.25) is 0 Å². The first-order valence-corrected chi connectivity index (χ1v) is 6.97. The number of hydrogen-bond donors (Lipinski definition) is 2. The Balaban J connectivity index is 2.83. The molecule has 0 aliphatic carbocycles. The van der Waals surface area contributed by atoms with Crippen LogP contribution in [0.4, 0.5) is 4.39 Å². The molecule has 5 heteroatoms. The Hall–Kier alpha value is -1.62. The van der Waals surface area contributed by atoms with Crippen molar-refractivity contribution >= 4 is 5.97 Å². The van der Waals surface area contributed by atoms with Gasteiger partial charge in [-0.15, -0.1) is 0 Å². The highest BCUT2D eigenvalue weighted by Gasteiger charge is 2.19. The van der Waals surface area contributed by atoms with Crippen molar-refractivity contribution in [1.82, 2.24) is 5.32 Å². The lowest BCUT2D eigenvalue weighted by molar-refractivity contribution is -0.145. The van der Waals surface area contributed by atoms with Gasteiger partial charge in [-0.05, 0) is 37.6 Å². The molecule has 1 unspecified atom stereocenters. The van der Waals surface area contributed by atoms with Crippen LogP contribution in [0.25, 0.3) is 0 Å². The highest BCUT2D eigenvalue weighted by Crippen LogP contribution is 2.22. The molecule has 0 amide bonds. The van der Waals surface area contributed by atoms with Crippen molar-refractivity contribution in [2.75, 3.05) is 6.54 Å². The zero-order valence-corrected chi connectivity index (χ0v) is 12.0.